The molecule has 0 unspecified atom stereocenters. The Morgan fingerprint density at radius 1 is 1.03 bits per heavy atom. The molecule has 2 aromatic rings. The topological polar surface area (TPSA) is 69.7 Å². The number of hydrogen-bond acceptors (Lipinski definition) is 3. The number of benzene rings is 2. The van der Waals surface area contributed by atoms with Crippen LogP contribution in [0.15, 0.2) is 48.5 Å². The molecule has 0 spiro atoms. The molecule has 6 nitrogen and oxygen atoms in total. The molecule has 1 aliphatic rings. The standard InChI is InChI=1S/C23H26FN3O3/c1-4-16-6-8-17(9-7-16)14-26(3)20(28)15-27-21(29)23(5-2,25-22(27)30)18-10-12-19(24)13-11-18/h6-13H,4-5,14-15H2,1-3H3,(H,25,30)/t23-/m0/s1. The van der Waals surface area contributed by atoms with Crippen molar-refractivity contribution in [1.82, 2.24) is 15.1 Å². The fourth-order valence-electron chi connectivity index (χ4n) is 3.64. The lowest BCUT2D eigenvalue weighted by molar-refractivity contribution is -0.138. The van der Waals surface area contributed by atoms with Crippen molar-refractivity contribution in [1.29, 1.82) is 0 Å². The van der Waals surface area contributed by atoms with Gasteiger partial charge in [-0.1, -0.05) is 50.2 Å². The molecule has 7 heteroatoms. The van der Waals surface area contributed by atoms with E-state index in [0.717, 1.165) is 16.9 Å². The molecule has 0 saturated carbocycles. The Bertz CT molecular complexity index is 943. The Hall–Kier alpha value is -3.22. The number of nitrogens with zero attached hydrogens (tertiary/aromatic N) is 2. The zero-order valence-corrected chi connectivity index (χ0v) is 17.4. The molecule has 0 aromatic heterocycles. The smallest absolute Gasteiger partial charge is 0.325 e. The highest BCUT2D eigenvalue weighted by Gasteiger charge is 2.51. The molecule has 2 aromatic carbocycles. The van der Waals surface area contributed by atoms with Gasteiger partial charge in [0.2, 0.25) is 5.91 Å². The van der Waals surface area contributed by atoms with E-state index in [1.165, 1.54) is 34.7 Å². The normalized spacial score (nSPS) is 18.5. The molecule has 1 N–H and O–H groups in total. The van der Waals surface area contributed by atoms with Gasteiger partial charge in [-0.3, -0.25) is 14.5 Å². The van der Waals surface area contributed by atoms with Crippen molar-refractivity contribution in [2.75, 3.05) is 13.6 Å². The number of urea groups is 1. The van der Waals surface area contributed by atoms with Crippen LogP contribution in [0.25, 0.3) is 0 Å². The molecule has 0 radical (unpaired) electrons. The predicted molar refractivity (Wildman–Crippen MR) is 111 cm³/mol. The molecule has 1 aliphatic heterocycles. The molecule has 0 aliphatic carbocycles. The lowest BCUT2D eigenvalue weighted by Crippen LogP contribution is -2.45. The van der Waals surface area contributed by atoms with E-state index in [-0.39, 0.29) is 18.9 Å². The van der Waals surface area contributed by atoms with Crippen molar-refractivity contribution in [3.8, 4) is 0 Å². The first kappa shape index (κ1) is 21.5. The summed E-state index contributed by atoms with van der Waals surface area (Å²) in [6.45, 7) is 3.87. The van der Waals surface area contributed by atoms with Gasteiger partial charge in [0.25, 0.3) is 5.91 Å². The third kappa shape index (κ3) is 4.06. The first-order valence-corrected chi connectivity index (χ1v) is 10.0. The van der Waals surface area contributed by atoms with Gasteiger partial charge in [0, 0.05) is 13.6 Å². The van der Waals surface area contributed by atoms with Crippen molar-refractivity contribution < 1.29 is 18.8 Å². The third-order valence-electron chi connectivity index (χ3n) is 5.61. The van der Waals surface area contributed by atoms with Gasteiger partial charge < -0.3 is 10.2 Å². The summed E-state index contributed by atoms with van der Waals surface area (Å²) in [4.78, 5) is 40.8. The molecule has 1 atom stereocenters. The van der Waals surface area contributed by atoms with E-state index in [0.29, 0.717) is 12.1 Å². The van der Waals surface area contributed by atoms with Crippen LogP contribution in [0.5, 0.6) is 0 Å². The maximum Gasteiger partial charge on any atom is 0.325 e. The number of hydrogen-bond donors (Lipinski definition) is 1. The number of carbonyl (C=O) groups is 3. The second-order valence-electron chi connectivity index (χ2n) is 7.51. The summed E-state index contributed by atoms with van der Waals surface area (Å²) >= 11 is 0. The average molecular weight is 411 g/mol. The number of nitrogens with one attached hydrogen (secondary N) is 1. The van der Waals surface area contributed by atoms with Gasteiger partial charge in [0.05, 0.1) is 0 Å². The minimum atomic E-state index is -1.29. The Balaban J connectivity index is 1.72. The van der Waals surface area contributed by atoms with Gasteiger partial charge in [0.1, 0.15) is 17.9 Å². The Labute approximate surface area is 175 Å². The first-order valence-electron chi connectivity index (χ1n) is 10.0. The maximum absolute atomic E-state index is 13.3. The van der Waals surface area contributed by atoms with Crippen molar-refractivity contribution in [2.45, 2.75) is 38.8 Å². The van der Waals surface area contributed by atoms with Crippen LogP contribution in [-0.4, -0.2) is 41.2 Å². The SMILES string of the molecule is CCc1ccc(CN(C)C(=O)CN2C(=O)N[C@@](CC)(c3ccc(F)cc3)C2=O)cc1. The quantitative estimate of drug-likeness (QED) is 0.712. The van der Waals surface area contributed by atoms with Gasteiger partial charge in [-0.15, -0.1) is 0 Å². The van der Waals surface area contributed by atoms with Crippen LogP contribution in [0, 0.1) is 5.82 Å². The number of aryl methyl sites for hydroxylation is 1. The van der Waals surface area contributed by atoms with Crippen molar-refractivity contribution in [2.24, 2.45) is 0 Å². The molecule has 1 saturated heterocycles. The van der Waals surface area contributed by atoms with Crippen molar-refractivity contribution >= 4 is 17.8 Å². The van der Waals surface area contributed by atoms with E-state index in [1.54, 1.807) is 14.0 Å². The third-order valence-corrected chi connectivity index (χ3v) is 5.61. The molecule has 1 fully saturated rings. The predicted octanol–water partition coefficient (Wildman–Crippen LogP) is 3.20. The van der Waals surface area contributed by atoms with Gasteiger partial charge in [0.15, 0.2) is 0 Å². The largest absolute Gasteiger partial charge is 0.340 e. The molecule has 158 valence electrons. The first-order chi connectivity index (χ1) is 14.3. The highest BCUT2D eigenvalue weighted by molar-refractivity contribution is 6.09. The molecule has 1 heterocycles. The van der Waals surface area contributed by atoms with Gasteiger partial charge in [-0.05, 0) is 41.7 Å². The van der Waals surface area contributed by atoms with Crippen LogP contribution in [0.2, 0.25) is 0 Å². The molecule has 4 amide bonds. The van der Waals surface area contributed by atoms with Gasteiger partial charge in [-0.25, -0.2) is 9.18 Å². The van der Waals surface area contributed by atoms with Crippen LogP contribution >= 0.6 is 0 Å². The maximum atomic E-state index is 13.3. The van der Waals surface area contributed by atoms with Crippen LogP contribution < -0.4 is 5.32 Å². The summed E-state index contributed by atoms with van der Waals surface area (Å²) in [5.74, 6) is -1.28. The highest BCUT2D eigenvalue weighted by Crippen LogP contribution is 2.32. The second kappa shape index (κ2) is 8.65. The fraction of sp³-hybridized carbons (Fsp3) is 0.348. The minimum absolute atomic E-state index is 0.285. The molecular weight excluding hydrogens is 385 g/mol. The van der Waals surface area contributed by atoms with Crippen LogP contribution in [0.3, 0.4) is 0 Å². The Morgan fingerprint density at radius 3 is 2.20 bits per heavy atom. The average Bonchev–Trinajstić information content (AvgIpc) is 2.99. The summed E-state index contributed by atoms with van der Waals surface area (Å²) in [6.07, 6.45) is 1.22. The van der Waals surface area contributed by atoms with Crippen LogP contribution in [0.4, 0.5) is 9.18 Å². The molecule has 30 heavy (non-hydrogen) atoms. The monoisotopic (exact) mass is 411 g/mol. The second-order valence-corrected chi connectivity index (χ2v) is 7.51. The van der Waals surface area contributed by atoms with E-state index in [9.17, 15) is 18.8 Å². The molecule has 0 bridgehead atoms. The summed E-state index contributed by atoms with van der Waals surface area (Å²) < 4.78 is 13.3. The van der Waals surface area contributed by atoms with E-state index < -0.39 is 23.3 Å². The zero-order valence-electron chi connectivity index (χ0n) is 17.4. The molecular formula is C23H26FN3O3. The number of imide groups is 1. The van der Waals surface area contributed by atoms with E-state index in [2.05, 4.69) is 12.2 Å². The van der Waals surface area contributed by atoms with E-state index in [4.69, 9.17) is 0 Å². The highest BCUT2D eigenvalue weighted by atomic mass is 19.1. The lowest BCUT2D eigenvalue weighted by atomic mass is 9.87. The number of halogens is 1. The Kier molecular flexibility index (Phi) is 6.20. The summed E-state index contributed by atoms with van der Waals surface area (Å²) in [5.41, 5.74) is 1.38. The van der Waals surface area contributed by atoms with Crippen LogP contribution in [-0.2, 0) is 28.1 Å². The van der Waals surface area contributed by atoms with E-state index in [1.807, 2.05) is 24.3 Å². The number of rotatable bonds is 7. The van der Waals surface area contributed by atoms with E-state index >= 15 is 0 Å². The lowest BCUT2D eigenvalue weighted by Gasteiger charge is -2.26. The van der Waals surface area contributed by atoms with Crippen LogP contribution in [0.1, 0.15) is 37.0 Å². The zero-order chi connectivity index (χ0) is 21.9. The minimum Gasteiger partial charge on any atom is -0.340 e. The van der Waals surface area contributed by atoms with Gasteiger partial charge >= 0.3 is 6.03 Å². The number of amides is 4. The van der Waals surface area contributed by atoms with Crippen molar-refractivity contribution in [3.05, 3.63) is 71.0 Å². The fourth-order valence-corrected chi connectivity index (χ4v) is 3.64. The van der Waals surface area contributed by atoms with Crippen molar-refractivity contribution in [3.63, 3.8) is 0 Å². The molecule has 3 rings (SSSR count). The summed E-state index contributed by atoms with van der Waals surface area (Å²) in [5, 5.41) is 2.70. The van der Waals surface area contributed by atoms with Gasteiger partial charge in [-0.2, -0.15) is 0 Å². The summed E-state index contributed by atoms with van der Waals surface area (Å²) in [7, 11) is 1.64. The summed E-state index contributed by atoms with van der Waals surface area (Å²) in [6, 6.07) is 12.8. The number of likely N-dealkylation sites (N-methyl/N-ethyl adjacent to an activating group) is 1. The number of carbonyl (C=O) groups excluding carboxylic acids is 3. The Morgan fingerprint density at radius 2 is 1.63 bits per heavy atom.